The van der Waals surface area contributed by atoms with E-state index in [1.54, 1.807) is 11.0 Å². The summed E-state index contributed by atoms with van der Waals surface area (Å²) in [5.74, 6) is 1.67. The van der Waals surface area contributed by atoms with Crippen LogP contribution in [0.5, 0.6) is 0 Å². The minimum absolute atomic E-state index is 0.544. The smallest absolute Gasteiger partial charge is 0.163 e. The Morgan fingerprint density at radius 2 is 2.05 bits per heavy atom. The van der Waals surface area contributed by atoms with E-state index in [1.165, 1.54) is 32.1 Å². The Bertz CT molecular complexity index is 614. The van der Waals surface area contributed by atoms with Crippen molar-refractivity contribution in [3.8, 4) is 0 Å². The molecule has 6 nitrogen and oxygen atoms in total. The summed E-state index contributed by atoms with van der Waals surface area (Å²) in [6.07, 6.45) is 10.3. The van der Waals surface area contributed by atoms with Gasteiger partial charge in [0.05, 0.1) is 11.6 Å². The number of rotatable bonds is 5. The molecule has 0 radical (unpaired) electrons. The Labute approximate surface area is 131 Å². The highest BCUT2D eigenvalue weighted by molar-refractivity contribution is 5.85. The standard InChI is InChI=1S/C16H26N6/c1-21(2)14(12-7-5-4-6-8-12)10-17-15-13-9-20-22(3)16(13)19-11-18-15/h9,11-12,14H,4-8,10H2,1-3H3,(H,17,18,19)/t14-/m1/s1. The van der Waals surface area contributed by atoms with Gasteiger partial charge in [-0.15, -0.1) is 0 Å². The Hall–Kier alpha value is -1.69. The SMILES string of the molecule is CN(C)[C@H](CNc1ncnc2c1cnn2C)C1CCCCC1. The quantitative estimate of drug-likeness (QED) is 0.918. The summed E-state index contributed by atoms with van der Waals surface area (Å²) in [6, 6.07) is 0.544. The van der Waals surface area contributed by atoms with E-state index in [0.717, 1.165) is 29.3 Å². The molecule has 1 N–H and O–H groups in total. The number of nitrogens with zero attached hydrogens (tertiary/aromatic N) is 5. The second-order valence-corrected chi connectivity index (χ2v) is 6.54. The molecule has 0 bridgehead atoms. The van der Waals surface area contributed by atoms with Gasteiger partial charge in [0.2, 0.25) is 0 Å². The molecule has 2 aromatic rings. The highest BCUT2D eigenvalue weighted by atomic mass is 15.3. The first-order valence-corrected chi connectivity index (χ1v) is 8.20. The van der Waals surface area contributed by atoms with Gasteiger partial charge in [-0.1, -0.05) is 19.3 Å². The number of nitrogens with one attached hydrogen (secondary N) is 1. The molecule has 22 heavy (non-hydrogen) atoms. The minimum Gasteiger partial charge on any atom is -0.368 e. The fourth-order valence-corrected chi connectivity index (χ4v) is 3.59. The van der Waals surface area contributed by atoms with Crippen molar-refractivity contribution in [2.45, 2.75) is 38.1 Å². The van der Waals surface area contributed by atoms with Crippen molar-refractivity contribution in [3.63, 3.8) is 0 Å². The molecule has 2 aromatic heterocycles. The highest BCUT2D eigenvalue weighted by Gasteiger charge is 2.25. The van der Waals surface area contributed by atoms with Crippen LogP contribution < -0.4 is 5.32 Å². The van der Waals surface area contributed by atoms with E-state index in [0.29, 0.717) is 6.04 Å². The molecular weight excluding hydrogens is 276 g/mol. The molecule has 1 aliphatic carbocycles. The molecule has 0 amide bonds. The first-order valence-electron chi connectivity index (χ1n) is 8.20. The van der Waals surface area contributed by atoms with Crippen LogP contribution in [-0.4, -0.2) is 51.3 Å². The largest absolute Gasteiger partial charge is 0.368 e. The number of aryl methyl sites for hydroxylation is 1. The van der Waals surface area contributed by atoms with Crippen LogP contribution in [0.1, 0.15) is 32.1 Å². The van der Waals surface area contributed by atoms with Crippen molar-refractivity contribution in [1.82, 2.24) is 24.6 Å². The summed E-state index contributed by atoms with van der Waals surface area (Å²) in [4.78, 5) is 11.0. The average Bonchev–Trinajstić information content (AvgIpc) is 2.91. The summed E-state index contributed by atoms with van der Waals surface area (Å²) < 4.78 is 1.78. The maximum absolute atomic E-state index is 4.40. The van der Waals surface area contributed by atoms with E-state index < -0.39 is 0 Å². The van der Waals surface area contributed by atoms with Gasteiger partial charge in [0, 0.05) is 19.6 Å². The molecule has 3 rings (SSSR count). The fraction of sp³-hybridized carbons (Fsp3) is 0.688. The third-order valence-electron chi connectivity index (χ3n) is 4.87. The third kappa shape index (κ3) is 3.06. The van der Waals surface area contributed by atoms with Crippen LogP contribution in [0, 0.1) is 5.92 Å². The van der Waals surface area contributed by atoms with Crippen molar-refractivity contribution in [2.75, 3.05) is 26.0 Å². The van der Waals surface area contributed by atoms with Gasteiger partial charge in [0.1, 0.15) is 12.1 Å². The van der Waals surface area contributed by atoms with Crippen LogP contribution in [0.3, 0.4) is 0 Å². The van der Waals surface area contributed by atoms with Crippen molar-refractivity contribution in [3.05, 3.63) is 12.5 Å². The first kappa shape index (κ1) is 15.2. The molecule has 0 spiro atoms. The van der Waals surface area contributed by atoms with Crippen molar-refractivity contribution >= 4 is 16.9 Å². The summed E-state index contributed by atoms with van der Waals surface area (Å²) in [5.41, 5.74) is 0.872. The van der Waals surface area contributed by atoms with Crippen LogP contribution in [0.25, 0.3) is 11.0 Å². The summed E-state index contributed by atoms with van der Waals surface area (Å²) in [5, 5.41) is 8.80. The molecule has 0 saturated heterocycles. The van der Waals surface area contributed by atoms with Gasteiger partial charge < -0.3 is 10.2 Å². The number of hydrogen-bond acceptors (Lipinski definition) is 5. The maximum Gasteiger partial charge on any atom is 0.163 e. The maximum atomic E-state index is 4.40. The molecule has 6 heteroatoms. The van der Waals surface area contributed by atoms with Crippen LogP contribution in [0.4, 0.5) is 5.82 Å². The highest BCUT2D eigenvalue weighted by Crippen LogP contribution is 2.28. The molecule has 0 aliphatic heterocycles. The van der Waals surface area contributed by atoms with Crippen LogP contribution >= 0.6 is 0 Å². The molecule has 1 atom stereocenters. The number of likely N-dealkylation sites (N-methyl/N-ethyl adjacent to an activating group) is 1. The fourth-order valence-electron chi connectivity index (χ4n) is 3.59. The Morgan fingerprint density at radius 3 is 2.77 bits per heavy atom. The predicted octanol–water partition coefficient (Wildman–Crippen LogP) is 2.29. The van der Waals surface area contributed by atoms with E-state index in [4.69, 9.17) is 0 Å². The summed E-state index contributed by atoms with van der Waals surface area (Å²) >= 11 is 0. The number of fused-ring (bicyclic) bond motifs is 1. The Balaban J connectivity index is 1.73. The van der Waals surface area contributed by atoms with Crippen LogP contribution in [0.2, 0.25) is 0 Å². The monoisotopic (exact) mass is 302 g/mol. The lowest BCUT2D eigenvalue weighted by Gasteiger charge is -2.35. The van der Waals surface area contributed by atoms with Gasteiger partial charge in [0.25, 0.3) is 0 Å². The second kappa shape index (κ2) is 6.60. The minimum atomic E-state index is 0.544. The molecule has 2 heterocycles. The molecule has 1 aliphatic rings. The van der Waals surface area contributed by atoms with Crippen molar-refractivity contribution < 1.29 is 0 Å². The van der Waals surface area contributed by atoms with Gasteiger partial charge in [0.15, 0.2) is 5.65 Å². The molecule has 1 fully saturated rings. The number of anilines is 1. The lowest BCUT2D eigenvalue weighted by Crippen LogP contribution is -2.41. The first-order chi connectivity index (χ1) is 10.7. The normalized spacial score (nSPS) is 18.0. The van der Waals surface area contributed by atoms with E-state index in [2.05, 4.69) is 39.4 Å². The predicted molar refractivity (Wildman–Crippen MR) is 88.8 cm³/mol. The van der Waals surface area contributed by atoms with E-state index in [1.807, 2.05) is 13.2 Å². The zero-order valence-electron chi connectivity index (χ0n) is 13.8. The van der Waals surface area contributed by atoms with Crippen molar-refractivity contribution in [1.29, 1.82) is 0 Å². The summed E-state index contributed by atoms with van der Waals surface area (Å²) in [6.45, 7) is 0.915. The summed E-state index contributed by atoms with van der Waals surface area (Å²) in [7, 11) is 6.27. The Morgan fingerprint density at radius 1 is 1.27 bits per heavy atom. The lowest BCUT2D eigenvalue weighted by atomic mass is 9.83. The van der Waals surface area contributed by atoms with Crippen LogP contribution in [-0.2, 0) is 7.05 Å². The van der Waals surface area contributed by atoms with E-state index >= 15 is 0 Å². The van der Waals surface area contributed by atoms with E-state index in [9.17, 15) is 0 Å². The molecule has 120 valence electrons. The molecular formula is C16H26N6. The van der Waals surface area contributed by atoms with Crippen LogP contribution in [0.15, 0.2) is 12.5 Å². The lowest BCUT2D eigenvalue weighted by molar-refractivity contribution is 0.179. The van der Waals surface area contributed by atoms with E-state index in [-0.39, 0.29) is 0 Å². The van der Waals surface area contributed by atoms with Gasteiger partial charge in [-0.25, -0.2) is 9.97 Å². The number of hydrogen-bond donors (Lipinski definition) is 1. The van der Waals surface area contributed by atoms with Gasteiger partial charge in [-0.2, -0.15) is 5.10 Å². The second-order valence-electron chi connectivity index (χ2n) is 6.54. The van der Waals surface area contributed by atoms with Gasteiger partial charge in [-0.05, 0) is 32.9 Å². The third-order valence-corrected chi connectivity index (χ3v) is 4.87. The molecule has 0 aromatic carbocycles. The topological polar surface area (TPSA) is 58.9 Å². The molecule has 0 unspecified atom stereocenters. The molecule has 1 saturated carbocycles. The number of aromatic nitrogens is 4. The van der Waals surface area contributed by atoms with Gasteiger partial charge in [-0.3, -0.25) is 4.68 Å². The zero-order valence-corrected chi connectivity index (χ0v) is 13.8. The zero-order chi connectivity index (χ0) is 15.5. The van der Waals surface area contributed by atoms with Gasteiger partial charge >= 0.3 is 0 Å². The average molecular weight is 302 g/mol. The van der Waals surface area contributed by atoms with Crippen molar-refractivity contribution in [2.24, 2.45) is 13.0 Å². The Kier molecular flexibility index (Phi) is 4.57.